The molecule has 0 spiro atoms. The largest absolute Gasteiger partial charge is 0.354 e. The highest BCUT2D eigenvalue weighted by atomic mass is 35.5. The van der Waals surface area contributed by atoms with Crippen LogP contribution in [0.2, 0.25) is 10.0 Å². The van der Waals surface area contributed by atoms with Crippen molar-refractivity contribution in [3.05, 3.63) is 99.8 Å². The van der Waals surface area contributed by atoms with E-state index < -0.39 is 34.3 Å². The van der Waals surface area contributed by atoms with E-state index in [0.29, 0.717) is 28.6 Å². The minimum Gasteiger partial charge on any atom is -0.354 e. The molecule has 0 radical (unpaired) electrons. The number of benzene rings is 3. The molecule has 3 aromatic carbocycles. The summed E-state index contributed by atoms with van der Waals surface area (Å²) < 4.78 is 39.8. The van der Waals surface area contributed by atoms with E-state index in [2.05, 4.69) is 5.32 Å². The predicted molar refractivity (Wildman–Crippen MR) is 153 cm³/mol. The first-order chi connectivity index (χ1) is 18.5. The molecular formula is C28H30Cl2FN3O4S. The molecule has 3 rings (SSSR count). The van der Waals surface area contributed by atoms with Crippen LogP contribution in [0.25, 0.3) is 0 Å². The third-order valence-electron chi connectivity index (χ3n) is 5.97. The van der Waals surface area contributed by atoms with Crippen molar-refractivity contribution in [2.75, 3.05) is 23.7 Å². The third kappa shape index (κ3) is 8.68. The first-order valence-electron chi connectivity index (χ1n) is 12.3. The van der Waals surface area contributed by atoms with Crippen LogP contribution in [0.15, 0.2) is 72.8 Å². The maximum absolute atomic E-state index is 13.9. The fourth-order valence-electron chi connectivity index (χ4n) is 3.97. The van der Waals surface area contributed by atoms with Crippen LogP contribution in [0.1, 0.15) is 24.5 Å². The highest BCUT2D eigenvalue weighted by Gasteiger charge is 2.33. The summed E-state index contributed by atoms with van der Waals surface area (Å²) in [7, 11) is -3.95. The Morgan fingerprint density at radius 2 is 1.67 bits per heavy atom. The van der Waals surface area contributed by atoms with Crippen molar-refractivity contribution in [2.45, 2.75) is 32.4 Å². The first kappa shape index (κ1) is 30.4. The Kier molecular flexibility index (Phi) is 10.7. The number of carbonyl (C=O) groups is 2. The monoisotopic (exact) mass is 593 g/mol. The van der Waals surface area contributed by atoms with Crippen LogP contribution in [0.3, 0.4) is 0 Å². The molecule has 11 heteroatoms. The number of amides is 2. The van der Waals surface area contributed by atoms with Gasteiger partial charge in [-0.25, -0.2) is 12.8 Å². The third-order valence-corrected chi connectivity index (χ3v) is 7.70. The van der Waals surface area contributed by atoms with E-state index in [1.807, 2.05) is 37.3 Å². The van der Waals surface area contributed by atoms with Crippen molar-refractivity contribution in [3.63, 3.8) is 0 Å². The lowest BCUT2D eigenvalue weighted by Crippen LogP contribution is -2.53. The maximum Gasteiger partial charge on any atom is 0.244 e. The Labute approximate surface area is 238 Å². The zero-order chi connectivity index (χ0) is 28.6. The van der Waals surface area contributed by atoms with Crippen LogP contribution in [-0.2, 0) is 32.6 Å². The number of anilines is 1. The SMILES string of the molecule is CCCNC(=O)[C@H](Cc1ccccc1)N(Cc1ccc(Cl)cc1Cl)C(=O)CN(c1ccc(F)cc1)S(C)(=O)=O. The van der Waals surface area contributed by atoms with Gasteiger partial charge in [0.15, 0.2) is 0 Å². The molecule has 3 aromatic rings. The van der Waals surface area contributed by atoms with Crippen molar-refractivity contribution < 1.29 is 22.4 Å². The molecule has 208 valence electrons. The van der Waals surface area contributed by atoms with Crippen LogP contribution in [0.5, 0.6) is 0 Å². The molecule has 1 atom stereocenters. The van der Waals surface area contributed by atoms with Gasteiger partial charge in [-0.1, -0.05) is 66.5 Å². The number of rotatable bonds is 12. The fourth-order valence-corrected chi connectivity index (χ4v) is 5.29. The number of carbonyl (C=O) groups excluding carboxylic acids is 2. The number of halogens is 3. The fraction of sp³-hybridized carbons (Fsp3) is 0.286. The van der Waals surface area contributed by atoms with E-state index in [9.17, 15) is 22.4 Å². The molecule has 0 fully saturated rings. The molecule has 2 amide bonds. The van der Waals surface area contributed by atoms with Crippen molar-refractivity contribution in [1.82, 2.24) is 10.2 Å². The van der Waals surface area contributed by atoms with Crippen molar-refractivity contribution in [2.24, 2.45) is 0 Å². The van der Waals surface area contributed by atoms with Crippen molar-refractivity contribution >= 4 is 50.7 Å². The van der Waals surface area contributed by atoms with Gasteiger partial charge >= 0.3 is 0 Å². The van der Waals surface area contributed by atoms with Gasteiger partial charge in [0.1, 0.15) is 18.4 Å². The Balaban J connectivity index is 2.06. The standard InChI is InChI=1S/C28H30Cl2FN3O4S/c1-3-15-32-28(36)26(16-20-7-5-4-6-8-20)33(18-21-9-10-22(29)17-25(21)30)27(35)19-34(39(2,37)38)24-13-11-23(31)12-14-24/h4-14,17,26H,3,15-16,18-19H2,1-2H3,(H,32,36)/t26-/m0/s1. The Morgan fingerprint density at radius 3 is 2.26 bits per heavy atom. The van der Waals surface area contributed by atoms with Gasteiger partial charge in [0.25, 0.3) is 0 Å². The highest BCUT2D eigenvalue weighted by molar-refractivity contribution is 7.92. The lowest BCUT2D eigenvalue weighted by molar-refractivity contribution is -0.140. The number of nitrogens with zero attached hydrogens (tertiary/aromatic N) is 2. The zero-order valence-corrected chi connectivity index (χ0v) is 23.9. The molecule has 1 N–H and O–H groups in total. The summed E-state index contributed by atoms with van der Waals surface area (Å²) in [6, 6.07) is 17.8. The molecule has 0 bridgehead atoms. The Morgan fingerprint density at radius 1 is 1.00 bits per heavy atom. The molecule has 39 heavy (non-hydrogen) atoms. The van der Waals surface area contributed by atoms with Crippen LogP contribution >= 0.6 is 23.2 Å². The normalized spacial score (nSPS) is 12.0. The van der Waals surface area contributed by atoms with Crippen LogP contribution in [0, 0.1) is 5.82 Å². The van der Waals surface area contributed by atoms with E-state index in [0.717, 1.165) is 28.3 Å². The highest BCUT2D eigenvalue weighted by Crippen LogP contribution is 2.25. The van der Waals surface area contributed by atoms with Crippen LogP contribution in [-0.4, -0.2) is 50.5 Å². The number of hydrogen-bond acceptors (Lipinski definition) is 4. The molecule has 7 nitrogen and oxygen atoms in total. The summed E-state index contributed by atoms with van der Waals surface area (Å²) in [5, 5.41) is 3.56. The van der Waals surface area contributed by atoms with E-state index in [4.69, 9.17) is 23.2 Å². The number of sulfonamides is 1. The van der Waals surface area contributed by atoms with Crippen molar-refractivity contribution in [3.8, 4) is 0 Å². The molecule has 0 heterocycles. The lowest BCUT2D eigenvalue weighted by atomic mass is 10.0. The first-order valence-corrected chi connectivity index (χ1v) is 14.9. The molecular weight excluding hydrogens is 564 g/mol. The van der Waals surface area contributed by atoms with Crippen LogP contribution < -0.4 is 9.62 Å². The second-order valence-electron chi connectivity index (χ2n) is 9.00. The van der Waals surface area contributed by atoms with Gasteiger partial charge in [0.2, 0.25) is 21.8 Å². The Bertz CT molecular complexity index is 1390. The zero-order valence-electron chi connectivity index (χ0n) is 21.6. The van der Waals surface area contributed by atoms with E-state index >= 15 is 0 Å². The van der Waals surface area contributed by atoms with Crippen molar-refractivity contribution in [1.29, 1.82) is 0 Å². The Hall–Kier alpha value is -3.14. The number of hydrogen-bond donors (Lipinski definition) is 1. The second-order valence-corrected chi connectivity index (χ2v) is 11.8. The summed E-state index contributed by atoms with van der Waals surface area (Å²) in [5.41, 5.74) is 1.46. The summed E-state index contributed by atoms with van der Waals surface area (Å²) in [6.45, 7) is 1.63. The quantitative estimate of drug-likeness (QED) is 0.318. The van der Waals surface area contributed by atoms with Gasteiger partial charge in [-0.3, -0.25) is 13.9 Å². The van der Waals surface area contributed by atoms with Crippen LogP contribution in [0.4, 0.5) is 10.1 Å². The van der Waals surface area contributed by atoms with Gasteiger partial charge in [0, 0.05) is 29.6 Å². The molecule has 0 saturated heterocycles. The minimum absolute atomic E-state index is 0.0765. The lowest BCUT2D eigenvalue weighted by Gasteiger charge is -2.33. The van der Waals surface area contributed by atoms with E-state index in [1.54, 1.807) is 12.1 Å². The summed E-state index contributed by atoms with van der Waals surface area (Å²) in [6.07, 6.45) is 1.83. The maximum atomic E-state index is 13.9. The molecule has 0 saturated carbocycles. The predicted octanol–water partition coefficient (Wildman–Crippen LogP) is 5.06. The average Bonchev–Trinajstić information content (AvgIpc) is 2.89. The summed E-state index contributed by atoms with van der Waals surface area (Å²) in [4.78, 5) is 28.7. The number of nitrogens with one attached hydrogen (secondary N) is 1. The van der Waals surface area contributed by atoms with E-state index in [1.165, 1.54) is 23.1 Å². The van der Waals surface area contributed by atoms with Gasteiger partial charge in [-0.15, -0.1) is 0 Å². The smallest absolute Gasteiger partial charge is 0.244 e. The summed E-state index contributed by atoms with van der Waals surface area (Å²) in [5.74, 6) is -1.57. The van der Waals surface area contributed by atoms with Gasteiger partial charge < -0.3 is 10.2 Å². The molecule has 0 unspecified atom stereocenters. The molecule has 0 aliphatic rings. The summed E-state index contributed by atoms with van der Waals surface area (Å²) >= 11 is 12.5. The minimum atomic E-state index is -3.95. The van der Waals surface area contributed by atoms with E-state index in [-0.39, 0.29) is 24.6 Å². The van der Waals surface area contributed by atoms with Gasteiger partial charge in [0.05, 0.1) is 11.9 Å². The molecule has 0 aliphatic heterocycles. The second kappa shape index (κ2) is 13.8. The van der Waals surface area contributed by atoms with Gasteiger partial charge in [-0.2, -0.15) is 0 Å². The topological polar surface area (TPSA) is 86.8 Å². The molecule has 0 aromatic heterocycles. The average molecular weight is 595 g/mol. The van der Waals surface area contributed by atoms with Gasteiger partial charge in [-0.05, 0) is 53.9 Å². The molecule has 0 aliphatic carbocycles.